The smallest absolute Gasteiger partial charge is 0.270 e. The van der Waals surface area contributed by atoms with E-state index in [1.165, 1.54) is 36.5 Å². The molecule has 0 fully saturated rings. The second-order valence-corrected chi connectivity index (χ2v) is 8.76. The molecule has 0 aliphatic heterocycles. The van der Waals surface area contributed by atoms with Crippen LogP contribution >= 0.6 is 0 Å². The molecule has 1 amide bonds. The SMILES string of the molecule is CCOc1ccc(N(CC(=O)N/N=C\c2cccc([N+](=O)[O-])c2)S(=O)(=O)c2ccccc2)cc1. The van der Waals surface area contributed by atoms with E-state index in [1.807, 2.05) is 6.92 Å². The van der Waals surface area contributed by atoms with Crippen molar-refractivity contribution in [2.75, 3.05) is 17.5 Å². The summed E-state index contributed by atoms with van der Waals surface area (Å²) >= 11 is 0. The Bertz CT molecular complexity index is 1280. The molecule has 3 aromatic carbocycles. The molecule has 0 radical (unpaired) electrons. The van der Waals surface area contributed by atoms with Crippen molar-refractivity contribution < 1.29 is 22.9 Å². The zero-order chi connectivity index (χ0) is 24.6. The first-order valence-electron chi connectivity index (χ1n) is 10.2. The maximum Gasteiger partial charge on any atom is 0.270 e. The zero-order valence-corrected chi connectivity index (χ0v) is 19.0. The number of ether oxygens (including phenoxy) is 1. The molecule has 0 saturated heterocycles. The molecule has 0 bridgehead atoms. The second kappa shape index (κ2) is 11.1. The monoisotopic (exact) mass is 482 g/mol. The molecule has 0 atom stereocenters. The summed E-state index contributed by atoms with van der Waals surface area (Å²) in [5.74, 6) is -0.135. The molecule has 34 heavy (non-hydrogen) atoms. The maximum absolute atomic E-state index is 13.3. The summed E-state index contributed by atoms with van der Waals surface area (Å²) in [6.45, 7) is 1.74. The number of hydrogen-bond donors (Lipinski definition) is 1. The van der Waals surface area contributed by atoms with Crippen molar-refractivity contribution in [3.8, 4) is 5.75 Å². The van der Waals surface area contributed by atoms with Gasteiger partial charge in [0.15, 0.2) is 0 Å². The summed E-state index contributed by atoms with van der Waals surface area (Å²) < 4.78 is 32.9. The number of hydrazone groups is 1. The predicted octanol–water partition coefficient (Wildman–Crippen LogP) is 3.34. The zero-order valence-electron chi connectivity index (χ0n) is 18.2. The number of nitrogens with one attached hydrogen (secondary N) is 1. The summed E-state index contributed by atoms with van der Waals surface area (Å²) in [5, 5.41) is 14.7. The van der Waals surface area contributed by atoms with E-state index in [-0.39, 0.29) is 16.3 Å². The van der Waals surface area contributed by atoms with Gasteiger partial charge in [0.2, 0.25) is 0 Å². The topological polar surface area (TPSA) is 131 Å². The number of carbonyl (C=O) groups is 1. The van der Waals surface area contributed by atoms with Gasteiger partial charge in [-0.2, -0.15) is 5.10 Å². The third kappa shape index (κ3) is 6.17. The molecule has 0 spiro atoms. The van der Waals surface area contributed by atoms with E-state index in [1.54, 1.807) is 48.5 Å². The number of nitro benzene ring substituents is 1. The van der Waals surface area contributed by atoms with E-state index >= 15 is 0 Å². The fourth-order valence-corrected chi connectivity index (χ4v) is 4.42. The molecular weight excluding hydrogens is 460 g/mol. The molecule has 176 valence electrons. The van der Waals surface area contributed by atoms with Crippen LogP contribution < -0.4 is 14.5 Å². The molecule has 3 aromatic rings. The van der Waals surface area contributed by atoms with Gasteiger partial charge in [-0.25, -0.2) is 13.8 Å². The largest absolute Gasteiger partial charge is 0.494 e. The van der Waals surface area contributed by atoms with Crippen LogP contribution in [-0.4, -0.2) is 38.6 Å². The minimum Gasteiger partial charge on any atom is -0.494 e. The highest BCUT2D eigenvalue weighted by Gasteiger charge is 2.27. The van der Waals surface area contributed by atoms with Crippen molar-refractivity contribution in [2.24, 2.45) is 5.10 Å². The van der Waals surface area contributed by atoms with Crippen molar-refractivity contribution in [1.82, 2.24) is 5.43 Å². The fourth-order valence-electron chi connectivity index (χ4n) is 2.97. The Morgan fingerprint density at radius 1 is 1.09 bits per heavy atom. The van der Waals surface area contributed by atoms with Crippen molar-refractivity contribution in [1.29, 1.82) is 0 Å². The van der Waals surface area contributed by atoms with E-state index < -0.39 is 27.4 Å². The highest BCUT2D eigenvalue weighted by molar-refractivity contribution is 7.92. The molecule has 0 aliphatic carbocycles. The molecule has 0 aromatic heterocycles. The first kappa shape index (κ1) is 24.4. The highest BCUT2D eigenvalue weighted by atomic mass is 32.2. The van der Waals surface area contributed by atoms with Gasteiger partial charge in [-0.05, 0) is 43.3 Å². The van der Waals surface area contributed by atoms with Gasteiger partial charge in [0, 0.05) is 17.7 Å². The third-order valence-corrected chi connectivity index (χ3v) is 6.33. The van der Waals surface area contributed by atoms with Gasteiger partial charge in [0.25, 0.3) is 21.6 Å². The second-order valence-electron chi connectivity index (χ2n) is 6.90. The van der Waals surface area contributed by atoms with Crippen LogP contribution in [0.1, 0.15) is 12.5 Å². The van der Waals surface area contributed by atoms with Crippen molar-refractivity contribution in [2.45, 2.75) is 11.8 Å². The number of amides is 1. The van der Waals surface area contributed by atoms with Gasteiger partial charge in [-0.15, -0.1) is 0 Å². The number of benzene rings is 3. The van der Waals surface area contributed by atoms with Crippen LogP contribution in [0.3, 0.4) is 0 Å². The highest BCUT2D eigenvalue weighted by Crippen LogP contribution is 2.25. The Hall–Kier alpha value is -4.25. The molecule has 11 heteroatoms. The van der Waals surface area contributed by atoms with Crippen LogP contribution in [0, 0.1) is 10.1 Å². The number of nitro groups is 1. The Morgan fingerprint density at radius 3 is 2.44 bits per heavy atom. The van der Waals surface area contributed by atoms with Crippen molar-refractivity contribution in [3.63, 3.8) is 0 Å². The summed E-state index contributed by atoms with van der Waals surface area (Å²) in [4.78, 5) is 22.9. The molecular formula is C23H22N4O6S. The van der Waals surface area contributed by atoms with E-state index in [0.29, 0.717) is 17.9 Å². The van der Waals surface area contributed by atoms with E-state index in [4.69, 9.17) is 4.74 Å². The first-order valence-corrected chi connectivity index (χ1v) is 11.6. The van der Waals surface area contributed by atoms with Crippen molar-refractivity contribution in [3.05, 3.63) is 94.5 Å². The third-order valence-electron chi connectivity index (χ3n) is 4.54. The van der Waals surface area contributed by atoms with Crippen LogP contribution in [0.15, 0.2) is 88.9 Å². The number of anilines is 1. The van der Waals surface area contributed by atoms with Crippen LogP contribution in [0.2, 0.25) is 0 Å². The Kier molecular flexibility index (Phi) is 7.93. The van der Waals surface area contributed by atoms with Gasteiger partial charge < -0.3 is 4.74 Å². The summed E-state index contributed by atoms with van der Waals surface area (Å²) in [7, 11) is -4.06. The molecule has 0 heterocycles. The number of sulfonamides is 1. The summed E-state index contributed by atoms with van der Waals surface area (Å²) in [6, 6.07) is 19.8. The number of hydrogen-bond acceptors (Lipinski definition) is 7. The molecule has 0 unspecified atom stereocenters. The molecule has 0 aliphatic rings. The van der Waals surface area contributed by atoms with Gasteiger partial charge >= 0.3 is 0 Å². The molecule has 3 rings (SSSR count). The number of carbonyl (C=O) groups excluding carboxylic acids is 1. The van der Waals surface area contributed by atoms with Gasteiger partial charge in [-0.1, -0.05) is 30.3 Å². The predicted molar refractivity (Wildman–Crippen MR) is 127 cm³/mol. The van der Waals surface area contributed by atoms with Gasteiger partial charge in [0.05, 0.1) is 28.3 Å². The lowest BCUT2D eigenvalue weighted by atomic mass is 10.2. The number of non-ortho nitro benzene ring substituents is 1. The average Bonchev–Trinajstić information content (AvgIpc) is 2.84. The van der Waals surface area contributed by atoms with Crippen LogP contribution in [-0.2, 0) is 14.8 Å². The first-order chi connectivity index (χ1) is 16.3. The molecule has 0 saturated carbocycles. The van der Waals surface area contributed by atoms with E-state index in [0.717, 1.165) is 4.31 Å². The van der Waals surface area contributed by atoms with Crippen LogP contribution in [0.25, 0.3) is 0 Å². The minimum atomic E-state index is -4.06. The van der Waals surface area contributed by atoms with Crippen molar-refractivity contribution >= 4 is 33.5 Å². The quantitative estimate of drug-likeness (QED) is 0.268. The summed E-state index contributed by atoms with van der Waals surface area (Å²) in [5.41, 5.74) is 2.81. The molecule has 1 N–H and O–H groups in total. The Morgan fingerprint density at radius 2 is 1.79 bits per heavy atom. The average molecular weight is 483 g/mol. The van der Waals surface area contributed by atoms with Gasteiger partial charge in [0.1, 0.15) is 12.3 Å². The van der Waals surface area contributed by atoms with Gasteiger partial charge in [-0.3, -0.25) is 19.2 Å². The normalized spacial score (nSPS) is 11.2. The van der Waals surface area contributed by atoms with E-state index in [2.05, 4.69) is 10.5 Å². The minimum absolute atomic E-state index is 0.0248. The lowest BCUT2D eigenvalue weighted by Crippen LogP contribution is -2.39. The van der Waals surface area contributed by atoms with Crippen LogP contribution in [0.5, 0.6) is 5.75 Å². The number of nitrogens with zero attached hydrogens (tertiary/aromatic N) is 3. The van der Waals surface area contributed by atoms with E-state index in [9.17, 15) is 23.3 Å². The molecule has 10 nitrogen and oxygen atoms in total. The maximum atomic E-state index is 13.3. The lowest BCUT2D eigenvalue weighted by molar-refractivity contribution is -0.384. The standard InChI is InChI=1S/C23H22N4O6S/c1-2-33-21-13-11-19(12-14-21)26(34(31,32)22-9-4-3-5-10-22)17-23(28)25-24-16-18-7-6-8-20(15-18)27(29)30/h3-16H,2,17H2,1H3,(H,25,28)/b24-16-. The van der Waals surface area contributed by atoms with Crippen LogP contribution in [0.4, 0.5) is 11.4 Å². The number of rotatable bonds is 10. The lowest BCUT2D eigenvalue weighted by Gasteiger charge is -2.24. The Balaban J connectivity index is 1.81. The summed E-state index contributed by atoms with van der Waals surface area (Å²) in [6.07, 6.45) is 1.23. The Labute approximate surface area is 196 Å². The fraction of sp³-hybridized carbons (Fsp3) is 0.130.